The van der Waals surface area contributed by atoms with Crippen molar-refractivity contribution in [1.29, 1.82) is 0 Å². The van der Waals surface area contributed by atoms with Crippen molar-refractivity contribution in [2.75, 3.05) is 0 Å². The molecule has 3 heteroatoms. The molecule has 0 aliphatic rings. The standard InChI is InChI=1S/C12H14N2O/c1-12(2,13)10-5-3-9(4-6-10)11-7-8-14-15-11/h3-8H,13H2,1-2H3. The first-order chi connectivity index (χ1) is 7.07. The van der Waals surface area contributed by atoms with Gasteiger partial charge in [0.05, 0.1) is 6.20 Å². The van der Waals surface area contributed by atoms with E-state index in [1.54, 1.807) is 6.20 Å². The second kappa shape index (κ2) is 3.51. The van der Waals surface area contributed by atoms with Gasteiger partial charge >= 0.3 is 0 Å². The molecule has 0 saturated carbocycles. The summed E-state index contributed by atoms with van der Waals surface area (Å²) in [4.78, 5) is 0. The summed E-state index contributed by atoms with van der Waals surface area (Å²) in [6, 6.07) is 9.84. The monoisotopic (exact) mass is 202 g/mol. The maximum Gasteiger partial charge on any atom is 0.166 e. The molecule has 0 bridgehead atoms. The first-order valence-corrected chi connectivity index (χ1v) is 4.88. The highest BCUT2D eigenvalue weighted by molar-refractivity contribution is 5.57. The number of benzene rings is 1. The highest BCUT2D eigenvalue weighted by atomic mass is 16.5. The summed E-state index contributed by atoms with van der Waals surface area (Å²) in [5, 5.41) is 3.67. The Hall–Kier alpha value is -1.61. The summed E-state index contributed by atoms with van der Waals surface area (Å²) in [6.07, 6.45) is 1.64. The maximum atomic E-state index is 5.99. The van der Waals surface area contributed by atoms with Crippen LogP contribution >= 0.6 is 0 Å². The summed E-state index contributed by atoms with van der Waals surface area (Å²) < 4.78 is 5.06. The van der Waals surface area contributed by atoms with E-state index in [0.29, 0.717) is 0 Å². The lowest BCUT2D eigenvalue weighted by atomic mass is 9.94. The average molecular weight is 202 g/mol. The number of aromatic nitrogens is 1. The number of nitrogens with two attached hydrogens (primary N) is 1. The Morgan fingerprint density at radius 1 is 1.13 bits per heavy atom. The summed E-state index contributed by atoms with van der Waals surface area (Å²) in [7, 11) is 0. The normalized spacial score (nSPS) is 11.7. The molecule has 0 fully saturated rings. The first-order valence-electron chi connectivity index (χ1n) is 4.88. The third kappa shape index (κ3) is 2.07. The van der Waals surface area contributed by atoms with Crippen molar-refractivity contribution in [2.45, 2.75) is 19.4 Å². The van der Waals surface area contributed by atoms with Gasteiger partial charge in [0.15, 0.2) is 5.76 Å². The van der Waals surface area contributed by atoms with Crippen molar-refractivity contribution >= 4 is 0 Å². The fraction of sp³-hybridized carbons (Fsp3) is 0.250. The first kappa shape index (κ1) is 9.93. The average Bonchev–Trinajstić information content (AvgIpc) is 2.69. The van der Waals surface area contributed by atoms with Gasteiger partial charge in [0, 0.05) is 17.2 Å². The lowest BCUT2D eigenvalue weighted by molar-refractivity contribution is 0.432. The van der Waals surface area contributed by atoms with Gasteiger partial charge in [-0.2, -0.15) is 0 Å². The second-order valence-corrected chi connectivity index (χ2v) is 4.18. The Morgan fingerprint density at radius 3 is 2.27 bits per heavy atom. The van der Waals surface area contributed by atoms with E-state index < -0.39 is 0 Å². The molecule has 2 N–H and O–H groups in total. The highest BCUT2D eigenvalue weighted by Gasteiger charge is 2.13. The van der Waals surface area contributed by atoms with Gasteiger partial charge in [-0.1, -0.05) is 29.4 Å². The SMILES string of the molecule is CC(C)(N)c1ccc(-c2ccno2)cc1. The fourth-order valence-corrected chi connectivity index (χ4v) is 1.43. The van der Waals surface area contributed by atoms with Gasteiger partial charge in [-0.05, 0) is 19.4 Å². The van der Waals surface area contributed by atoms with Crippen LogP contribution in [0.1, 0.15) is 19.4 Å². The van der Waals surface area contributed by atoms with Crippen LogP contribution < -0.4 is 5.73 Å². The minimum Gasteiger partial charge on any atom is -0.356 e. The van der Waals surface area contributed by atoms with Crippen LogP contribution in [0.2, 0.25) is 0 Å². The predicted octanol–water partition coefficient (Wildman–Crippen LogP) is 2.54. The summed E-state index contributed by atoms with van der Waals surface area (Å²) in [5.41, 5.74) is 7.80. The lowest BCUT2D eigenvalue weighted by Gasteiger charge is -2.18. The minimum absolute atomic E-state index is 0.306. The molecule has 2 aromatic rings. The molecule has 1 aromatic heterocycles. The molecule has 1 aromatic carbocycles. The number of nitrogens with zero attached hydrogens (tertiary/aromatic N) is 1. The van der Waals surface area contributed by atoms with E-state index in [-0.39, 0.29) is 5.54 Å². The third-order valence-electron chi connectivity index (χ3n) is 2.35. The Labute approximate surface area is 88.9 Å². The van der Waals surface area contributed by atoms with Crippen molar-refractivity contribution < 1.29 is 4.52 Å². The van der Waals surface area contributed by atoms with Gasteiger partial charge in [0.2, 0.25) is 0 Å². The quantitative estimate of drug-likeness (QED) is 0.814. The predicted molar refractivity (Wildman–Crippen MR) is 59.2 cm³/mol. The topological polar surface area (TPSA) is 52.0 Å². The molecule has 0 saturated heterocycles. The lowest BCUT2D eigenvalue weighted by Crippen LogP contribution is -2.28. The molecule has 0 aliphatic carbocycles. The van der Waals surface area contributed by atoms with E-state index in [2.05, 4.69) is 5.16 Å². The third-order valence-corrected chi connectivity index (χ3v) is 2.35. The van der Waals surface area contributed by atoms with E-state index in [1.165, 1.54) is 0 Å². The van der Waals surface area contributed by atoms with E-state index in [0.717, 1.165) is 16.9 Å². The van der Waals surface area contributed by atoms with Gasteiger partial charge in [0.1, 0.15) is 0 Å². The second-order valence-electron chi connectivity index (χ2n) is 4.18. The number of rotatable bonds is 2. The molecular weight excluding hydrogens is 188 g/mol. The molecule has 78 valence electrons. The zero-order valence-electron chi connectivity index (χ0n) is 8.90. The van der Waals surface area contributed by atoms with Crippen LogP contribution in [0.5, 0.6) is 0 Å². The largest absolute Gasteiger partial charge is 0.356 e. The Kier molecular flexibility index (Phi) is 2.32. The van der Waals surface area contributed by atoms with E-state index in [4.69, 9.17) is 10.3 Å². The summed E-state index contributed by atoms with van der Waals surface area (Å²) in [6.45, 7) is 3.97. The van der Waals surface area contributed by atoms with Crippen molar-refractivity contribution in [3.63, 3.8) is 0 Å². The van der Waals surface area contributed by atoms with Crippen molar-refractivity contribution in [3.05, 3.63) is 42.1 Å². The molecule has 3 nitrogen and oxygen atoms in total. The highest BCUT2D eigenvalue weighted by Crippen LogP contribution is 2.22. The van der Waals surface area contributed by atoms with Crippen LogP contribution in [0.4, 0.5) is 0 Å². The molecule has 0 spiro atoms. The van der Waals surface area contributed by atoms with E-state index in [9.17, 15) is 0 Å². The molecular formula is C12H14N2O. The zero-order valence-corrected chi connectivity index (χ0v) is 8.90. The Bertz CT molecular complexity index is 424. The molecule has 2 rings (SSSR count). The molecule has 0 atom stereocenters. The number of hydrogen-bond acceptors (Lipinski definition) is 3. The Morgan fingerprint density at radius 2 is 1.80 bits per heavy atom. The van der Waals surface area contributed by atoms with Gasteiger partial charge in [-0.15, -0.1) is 0 Å². The molecule has 0 radical (unpaired) electrons. The Balaban J connectivity index is 2.33. The van der Waals surface area contributed by atoms with Gasteiger partial charge < -0.3 is 10.3 Å². The molecule has 15 heavy (non-hydrogen) atoms. The fourth-order valence-electron chi connectivity index (χ4n) is 1.43. The smallest absolute Gasteiger partial charge is 0.166 e. The van der Waals surface area contributed by atoms with Gasteiger partial charge in [0.25, 0.3) is 0 Å². The van der Waals surface area contributed by atoms with Gasteiger partial charge in [-0.3, -0.25) is 0 Å². The summed E-state index contributed by atoms with van der Waals surface area (Å²) in [5.74, 6) is 0.774. The van der Waals surface area contributed by atoms with Gasteiger partial charge in [-0.25, -0.2) is 0 Å². The van der Waals surface area contributed by atoms with Crippen molar-refractivity contribution in [2.24, 2.45) is 5.73 Å². The van der Waals surface area contributed by atoms with E-state index >= 15 is 0 Å². The zero-order chi connectivity index (χ0) is 10.9. The van der Waals surface area contributed by atoms with Crippen LogP contribution in [-0.4, -0.2) is 5.16 Å². The molecule has 1 heterocycles. The molecule has 0 unspecified atom stereocenters. The number of hydrogen-bond donors (Lipinski definition) is 1. The van der Waals surface area contributed by atoms with Crippen LogP contribution in [0.15, 0.2) is 41.1 Å². The maximum absolute atomic E-state index is 5.99. The molecule has 0 amide bonds. The van der Waals surface area contributed by atoms with Crippen molar-refractivity contribution in [1.82, 2.24) is 5.16 Å². The van der Waals surface area contributed by atoms with E-state index in [1.807, 2.05) is 44.2 Å². The summed E-state index contributed by atoms with van der Waals surface area (Å²) >= 11 is 0. The van der Waals surface area contributed by atoms with Crippen LogP contribution in [0, 0.1) is 0 Å². The van der Waals surface area contributed by atoms with Crippen LogP contribution in [-0.2, 0) is 5.54 Å². The van der Waals surface area contributed by atoms with Crippen molar-refractivity contribution in [3.8, 4) is 11.3 Å². The van der Waals surface area contributed by atoms with Crippen LogP contribution in [0.25, 0.3) is 11.3 Å². The minimum atomic E-state index is -0.306. The molecule has 0 aliphatic heterocycles. The van der Waals surface area contributed by atoms with Crippen LogP contribution in [0.3, 0.4) is 0 Å².